The van der Waals surface area contributed by atoms with E-state index in [1.807, 2.05) is 0 Å². The second-order valence-corrected chi connectivity index (χ2v) is 4.56. The van der Waals surface area contributed by atoms with Crippen LogP contribution in [0, 0.1) is 11.6 Å². The fourth-order valence-electron chi connectivity index (χ4n) is 1.71. The van der Waals surface area contributed by atoms with Gasteiger partial charge in [-0.3, -0.25) is 0 Å². The molecule has 0 heterocycles. The van der Waals surface area contributed by atoms with Gasteiger partial charge in [-0.2, -0.15) is 0 Å². The van der Waals surface area contributed by atoms with Crippen molar-refractivity contribution in [3.8, 4) is 0 Å². The standard InChI is InChI=1S/C14H13ClF2N2/c15-11-7-13(18)14(8-12(11)17)19-6-5-9-1-3-10(16)4-2-9/h1-4,7-8,19H,5-6,18H2. The van der Waals surface area contributed by atoms with E-state index < -0.39 is 5.82 Å². The van der Waals surface area contributed by atoms with Crippen molar-refractivity contribution in [1.29, 1.82) is 0 Å². The van der Waals surface area contributed by atoms with Crippen LogP contribution in [0.4, 0.5) is 20.2 Å². The zero-order valence-corrected chi connectivity index (χ0v) is 10.8. The quantitative estimate of drug-likeness (QED) is 0.836. The molecular weight excluding hydrogens is 270 g/mol. The lowest BCUT2D eigenvalue weighted by Gasteiger charge is -2.10. The minimum atomic E-state index is -0.514. The van der Waals surface area contributed by atoms with Crippen molar-refractivity contribution in [2.45, 2.75) is 6.42 Å². The first kappa shape index (κ1) is 13.6. The molecule has 0 aliphatic carbocycles. The van der Waals surface area contributed by atoms with Gasteiger partial charge in [-0.05, 0) is 30.2 Å². The Hall–Kier alpha value is -1.81. The maximum Gasteiger partial charge on any atom is 0.143 e. The SMILES string of the molecule is Nc1cc(Cl)c(F)cc1NCCc1ccc(F)cc1. The van der Waals surface area contributed by atoms with Gasteiger partial charge in [-0.15, -0.1) is 0 Å². The highest BCUT2D eigenvalue weighted by atomic mass is 35.5. The molecule has 0 aliphatic rings. The molecule has 19 heavy (non-hydrogen) atoms. The molecule has 100 valence electrons. The van der Waals surface area contributed by atoms with Crippen LogP contribution in [-0.4, -0.2) is 6.54 Å². The Bertz CT molecular complexity index is 570. The van der Waals surface area contributed by atoms with Gasteiger partial charge in [0.05, 0.1) is 16.4 Å². The van der Waals surface area contributed by atoms with Gasteiger partial charge in [-0.1, -0.05) is 23.7 Å². The van der Waals surface area contributed by atoms with Crippen LogP contribution in [0.5, 0.6) is 0 Å². The zero-order chi connectivity index (χ0) is 13.8. The lowest BCUT2D eigenvalue weighted by molar-refractivity contribution is 0.626. The summed E-state index contributed by atoms with van der Waals surface area (Å²) in [6.45, 7) is 0.566. The minimum absolute atomic E-state index is 0.00147. The van der Waals surface area contributed by atoms with Crippen molar-refractivity contribution in [2.75, 3.05) is 17.6 Å². The van der Waals surface area contributed by atoms with Crippen LogP contribution < -0.4 is 11.1 Å². The Morgan fingerprint density at radius 1 is 1.11 bits per heavy atom. The van der Waals surface area contributed by atoms with Gasteiger partial charge >= 0.3 is 0 Å². The Morgan fingerprint density at radius 2 is 1.79 bits per heavy atom. The lowest BCUT2D eigenvalue weighted by atomic mass is 10.1. The lowest BCUT2D eigenvalue weighted by Crippen LogP contribution is -2.07. The molecule has 0 spiro atoms. The Labute approximate surface area is 115 Å². The molecule has 0 fully saturated rings. The van der Waals surface area contributed by atoms with Gasteiger partial charge in [0.15, 0.2) is 0 Å². The number of nitrogens with two attached hydrogens (primary N) is 1. The summed E-state index contributed by atoms with van der Waals surface area (Å²) >= 11 is 5.61. The van der Waals surface area contributed by atoms with Crippen LogP contribution in [0.15, 0.2) is 36.4 Å². The number of benzene rings is 2. The average Bonchev–Trinajstić information content (AvgIpc) is 2.38. The summed E-state index contributed by atoms with van der Waals surface area (Å²) < 4.78 is 26.0. The molecule has 0 aliphatic heterocycles. The van der Waals surface area contributed by atoms with Crippen molar-refractivity contribution in [2.24, 2.45) is 0 Å². The Balaban J connectivity index is 1.96. The smallest absolute Gasteiger partial charge is 0.143 e. The van der Waals surface area contributed by atoms with Crippen molar-refractivity contribution in [3.05, 3.63) is 58.6 Å². The highest BCUT2D eigenvalue weighted by Crippen LogP contribution is 2.25. The molecule has 2 aromatic rings. The second kappa shape index (κ2) is 5.89. The Morgan fingerprint density at radius 3 is 2.47 bits per heavy atom. The molecule has 0 atom stereocenters. The summed E-state index contributed by atoms with van der Waals surface area (Å²) in [4.78, 5) is 0. The van der Waals surface area contributed by atoms with E-state index in [1.165, 1.54) is 24.3 Å². The molecule has 0 saturated heterocycles. The molecule has 2 aromatic carbocycles. The summed E-state index contributed by atoms with van der Waals surface area (Å²) in [5.74, 6) is -0.777. The first-order valence-electron chi connectivity index (χ1n) is 5.79. The van der Waals surface area contributed by atoms with Crippen LogP contribution in [0.1, 0.15) is 5.56 Å². The first-order valence-corrected chi connectivity index (χ1v) is 6.17. The van der Waals surface area contributed by atoms with Crippen LogP contribution in [-0.2, 0) is 6.42 Å². The normalized spacial score (nSPS) is 10.5. The number of nitrogen functional groups attached to an aromatic ring is 1. The molecule has 2 rings (SSSR count). The van der Waals surface area contributed by atoms with Crippen LogP contribution >= 0.6 is 11.6 Å². The third-order valence-corrected chi connectivity index (χ3v) is 3.02. The van der Waals surface area contributed by atoms with E-state index >= 15 is 0 Å². The molecule has 0 unspecified atom stereocenters. The molecule has 0 saturated carbocycles. The van der Waals surface area contributed by atoms with E-state index in [-0.39, 0.29) is 10.8 Å². The van der Waals surface area contributed by atoms with E-state index in [9.17, 15) is 8.78 Å². The van der Waals surface area contributed by atoms with E-state index in [0.29, 0.717) is 24.3 Å². The van der Waals surface area contributed by atoms with Crippen molar-refractivity contribution in [3.63, 3.8) is 0 Å². The summed E-state index contributed by atoms with van der Waals surface area (Å²) in [5.41, 5.74) is 7.61. The number of hydrogen-bond donors (Lipinski definition) is 2. The topological polar surface area (TPSA) is 38.0 Å². The Kier molecular flexibility index (Phi) is 4.22. The van der Waals surface area contributed by atoms with Gasteiger partial charge in [-0.25, -0.2) is 8.78 Å². The van der Waals surface area contributed by atoms with E-state index in [2.05, 4.69) is 5.32 Å². The maximum absolute atomic E-state index is 13.3. The highest BCUT2D eigenvalue weighted by Gasteiger charge is 2.05. The van der Waals surface area contributed by atoms with Crippen LogP contribution in [0.2, 0.25) is 5.02 Å². The zero-order valence-electron chi connectivity index (χ0n) is 10.1. The molecule has 0 amide bonds. The number of halogens is 3. The van der Waals surface area contributed by atoms with Crippen LogP contribution in [0.25, 0.3) is 0 Å². The predicted octanol–water partition coefficient (Wildman–Crippen LogP) is 3.86. The second-order valence-electron chi connectivity index (χ2n) is 4.16. The fourth-order valence-corrected chi connectivity index (χ4v) is 1.88. The summed E-state index contributed by atoms with van der Waals surface area (Å²) in [5, 5.41) is 3.03. The fraction of sp³-hybridized carbons (Fsp3) is 0.143. The molecular formula is C14H13ClF2N2. The molecule has 3 N–H and O–H groups in total. The van der Waals surface area contributed by atoms with Crippen molar-refractivity contribution < 1.29 is 8.78 Å². The monoisotopic (exact) mass is 282 g/mol. The van der Waals surface area contributed by atoms with Crippen molar-refractivity contribution in [1.82, 2.24) is 0 Å². The summed E-state index contributed by atoms with van der Waals surface area (Å²) in [6.07, 6.45) is 0.684. The number of anilines is 2. The highest BCUT2D eigenvalue weighted by molar-refractivity contribution is 6.31. The first-order chi connectivity index (χ1) is 9.06. The number of rotatable bonds is 4. The largest absolute Gasteiger partial charge is 0.397 e. The number of nitrogens with one attached hydrogen (secondary N) is 1. The molecule has 0 aromatic heterocycles. The van der Waals surface area contributed by atoms with Gasteiger partial charge < -0.3 is 11.1 Å². The molecule has 0 radical (unpaired) electrons. The van der Waals surface area contributed by atoms with Crippen LogP contribution in [0.3, 0.4) is 0 Å². The van der Waals surface area contributed by atoms with Crippen molar-refractivity contribution >= 4 is 23.0 Å². The van der Waals surface area contributed by atoms with Gasteiger partial charge in [0.1, 0.15) is 11.6 Å². The third-order valence-electron chi connectivity index (χ3n) is 2.73. The van der Waals surface area contributed by atoms with Gasteiger partial charge in [0.2, 0.25) is 0 Å². The van der Waals surface area contributed by atoms with E-state index in [0.717, 1.165) is 5.56 Å². The molecule has 2 nitrogen and oxygen atoms in total. The average molecular weight is 283 g/mol. The molecule has 0 bridgehead atoms. The summed E-state index contributed by atoms with van der Waals surface area (Å²) in [7, 11) is 0. The van der Waals surface area contributed by atoms with Gasteiger partial charge in [0, 0.05) is 12.6 Å². The third kappa shape index (κ3) is 3.58. The minimum Gasteiger partial charge on any atom is -0.397 e. The van der Waals surface area contributed by atoms with Gasteiger partial charge in [0.25, 0.3) is 0 Å². The summed E-state index contributed by atoms with van der Waals surface area (Å²) in [6, 6.07) is 8.88. The maximum atomic E-state index is 13.3. The molecule has 5 heteroatoms. The predicted molar refractivity (Wildman–Crippen MR) is 74.4 cm³/mol. The van der Waals surface area contributed by atoms with E-state index in [1.54, 1.807) is 12.1 Å². The van der Waals surface area contributed by atoms with E-state index in [4.69, 9.17) is 17.3 Å². The number of hydrogen-bond acceptors (Lipinski definition) is 2.